The van der Waals surface area contributed by atoms with Crippen molar-refractivity contribution in [3.05, 3.63) is 64.3 Å². The topological polar surface area (TPSA) is 86.9 Å². The number of aromatic nitrogens is 1. The van der Waals surface area contributed by atoms with Gasteiger partial charge in [-0.15, -0.1) is 0 Å². The number of anilines is 1. The van der Waals surface area contributed by atoms with Crippen LogP contribution >= 0.6 is 0 Å². The average molecular weight is 354 g/mol. The van der Waals surface area contributed by atoms with Gasteiger partial charge in [0, 0.05) is 58.1 Å². The zero-order valence-electron chi connectivity index (χ0n) is 14.7. The molecule has 0 saturated carbocycles. The highest BCUT2D eigenvalue weighted by molar-refractivity contribution is 5.80. The standard InChI is InChI=1S/C18H22N6O2/c1-19-18(21-14-15-5-4-6-16(13-15)24(25)26)23-11-9-22(10-12-23)17-7-2-3-8-20-17/h2-8,13H,9-12,14H2,1H3,(H,19,21). The van der Waals surface area contributed by atoms with Gasteiger partial charge in [0.05, 0.1) is 4.92 Å². The van der Waals surface area contributed by atoms with Crippen LogP contribution in [0.4, 0.5) is 11.5 Å². The molecular formula is C18H22N6O2. The number of pyridine rings is 1. The summed E-state index contributed by atoms with van der Waals surface area (Å²) in [5.74, 6) is 1.80. The molecule has 2 aromatic rings. The number of nitrogens with zero attached hydrogens (tertiary/aromatic N) is 5. The van der Waals surface area contributed by atoms with E-state index in [9.17, 15) is 10.1 Å². The van der Waals surface area contributed by atoms with E-state index < -0.39 is 0 Å². The number of piperazine rings is 1. The van der Waals surface area contributed by atoms with Crippen molar-refractivity contribution in [2.75, 3.05) is 38.1 Å². The fraction of sp³-hybridized carbons (Fsp3) is 0.333. The molecule has 8 heteroatoms. The minimum absolute atomic E-state index is 0.100. The summed E-state index contributed by atoms with van der Waals surface area (Å²) < 4.78 is 0. The van der Waals surface area contributed by atoms with Crippen LogP contribution in [0.25, 0.3) is 0 Å². The van der Waals surface area contributed by atoms with Crippen LogP contribution in [0.1, 0.15) is 5.56 Å². The summed E-state index contributed by atoms with van der Waals surface area (Å²) in [6.45, 7) is 3.91. The van der Waals surface area contributed by atoms with Crippen LogP contribution < -0.4 is 10.2 Å². The van der Waals surface area contributed by atoms with E-state index in [1.54, 1.807) is 25.4 Å². The van der Waals surface area contributed by atoms with Gasteiger partial charge < -0.3 is 15.1 Å². The van der Waals surface area contributed by atoms with Crippen LogP contribution in [-0.4, -0.2) is 54.0 Å². The van der Waals surface area contributed by atoms with Crippen molar-refractivity contribution >= 4 is 17.5 Å². The fourth-order valence-corrected chi connectivity index (χ4v) is 2.98. The molecule has 0 amide bonds. The van der Waals surface area contributed by atoms with Gasteiger partial charge in [-0.25, -0.2) is 4.98 Å². The van der Waals surface area contributed by atoms with Crippen molar-refractivity contribution in [2.45, 2.75) is 6.54 Å². The average Bonchev–Trinajstić information content (AvgIpc) is 2.70. The van der Waals surface area contributed by atoms with Crippen molar-refractivity contribution < 1.29 is 4.92 Å². The van der Waals surface area contributed by atoms with E-state index in [-0.39, 0.29) is 10.6 Å². The molecule has 0 aliphatic carbocycles. The highest BCUT2D eigenvalue weighted by Crippen LogP contribution is 2.14. The summed E-state index contributed by atoms with van der Waals surface area (Å²) in [5, 5.41) is 14.2. The molecule has 0 unspecified atom stereocenters. The van der Waals surface area contributed by atoms with Crippen molar-refractivity contribution in [3.8, 4) is 0 Å². The van der Waals surface area contributed by atoms with E-state index in [4.69, 9.17) is 0 Å². The lowest BCUT2D eigenvalue weighted by molar-refractivity contribution is -0.384. The number of hydrogen-bond donors (Lipinski definition) is 1. The number of nitro groups is 1. The van der Waals surface area contributed by atoms with E-state index in [0.29, 0.717) is 6.54 Å². The molecule has 2 heterocycles. The van der Waals surface area contributed by atoms with E-state index >= 15 is 0 Å². The zero-order valence-corrected chi connectivity index (χ0v) is 14.7. The number of nitrogens with one attached hydrogen (secondary N) is 1. The van der Waals surface area contributed by atoms with Gasteiger partial charge in [0.25, 0.3) is 5.69 Å². The largest absolute Gasteiger partial charge is 0.353 e. The first-order valence-corrected chi connectivity index (χ1v) is 8.52. The number of rotatable bonds is 4. The molecule has 0 bridgehead atoms. The minimum Gasteiger partial charge on any atom is -0.353 e. The Kier molecular flexibility index (Phi) is 5.62. The molecule has 1 aliphatic rings. The van der Waals surface area contributed by atoms with E-state index in [2.05, 4.69) is 25.1 Å². The van der Waals surface area contributed by atoms with Crippen molar-refractivity contribution in [1.82, 2.24) is 15.2 Å². The molecule has 1 saturated heterocycles. The van der Waals surface area contributed by atoms with Gasteiger partial charge in [-0.3, -0.25) is 15.1 Å². The Hall–Kier alpha value is -3.16. The van der Waals surface area contributed by atoms with Gasteiger partial charge in [0.1, 0.15) is 5.82 Å². The first-order chi connectivity index (χ1) is 12.7. The second-order valence-electron chi connectivity index (χ2n) is 5.99. The van der Waals surface area contributed by atoms with Gasteiger partial charge in [-0.1, -0.05) is 18.2 Å². The first kappa shape index (κ1) is 17.7. The lowest BCUT2D eigenvalue weighted by atomic mass is 10.2. The van der Waals surface area contributed by atoms with Gasteiger partial charge in [0.2, 0.25) is 0 Å². The third-order valence-electron chi connectivity index (χ3n) is 4.34. The predicted molar refractivity (Wildman–Crippen MR) is 101 cm³/mol. The lowest BCUT2D eigenvalue weighted by Crippen LogP contribution is -2.52. The molecule has 0 atom stereocenters. The summed E-state index contributed by atoms with van der Waals surface area (Å²) in [6, 6.07) is 12.6. The number of nitro benzene ring substituents is 1. The molecule has 8 nitrogen and oxygen atoms in total. The molecule has 1 aromatic carbocycles. The smallest absolute Gasteiger partial charge is 0.269 e. The Morgan fingerprint density at radius 1 is 1.23 bits per heavy atom. The van der Waals surface area contributed by atoms with Crippen molar-refractivity contribution in [2.24, 2.45) is 4.99 Å². The minimum atomic E-state index is -0.380. The van der Waals surface area contributed by atoms with Gasteiger partial charge >= 0.3 is 0 Å². The van der Waals surface area contributed by atoms with Crippen LogP contribution in [0.2, 0.25) is 0 Å². The SMILES string of the molecule is CN=C(NCc1cccc([N+](=O)[O-])c1)N1CCN(c2ccccn2)CC1. The normalized spacial score (nSPS) is 15.0. The van der Waals surface area contributed by atoms with Crippen molar-refractivity contribution in [1.29, 1.82) is 0 Å². The highest BCUT2D eigenvalue weighted by atomic mass is 16.6. The second-order valence-corrected chi connectivity index (χ2v) is 5.99. The van der Waals surface area contributed by atoms with Crippen LogP contribution in [-0.2, 0) is 6.54 Å². The Labute approximate surface area is 152 Å². The predicted octanol–water partition coefficient (Wildman–Crippen LogP) is 1.89. The zero-order chi connectivity index (χ0) is 18.4. The second kappa shape index (κ2) is 8.28. The maximum absolute atomic E-state index is 10.9. The summed E-state index contributed by atoms with van der Waals surface area (Å²) in [4.78, 5) is 23.7. The lowest BCUT2D eigenvalue weighted by Gasteiger charge is -2.37. The van der Waals surface area contributed by atoms with Gasteiger partial charge in [0.15, 0.2) is 5.96 Å². The Morgan fingerprint density at radius 2 is 2.04 bits per heavy atom. The van der Waals surface area contributed by atoms with E-state index in [0.717, 1.165) is 43.5 Å². The monoisotopic (exact) mass is 354 g/mol. The number of hydrogen-bond acceptors (Lipinski definition) is 5. The van der Waals surface area contributed by atoms with Crippen molar-refractivity contribution in [3.63, 3.8) is 0 Å². The molecule has 0 spiro atoms. The van der Waals surface area contributed by atoms with Crippen LogP contribution in [0, 0.1) is 10.1 Å². The summed E-state index contributed by atoms with van der Waals surface area (Å²) in [7, 11) is 1.75. The molecule has 0 radical (unpaired) electrons. The molecular weight excluding hydrogens is 332 g/mol. The third kappa shape index (κ3) is 4.27. The summed E-state index contributed by atoms with van der Waals surface area (Å²) >= 11 is 0. The van der Waals surface area contributed by atoms with Crippen LogP contribution in [0.15, 0.2) is 53.7 Å². The molecule has 1 aromatic heterocycles. The van der Waals surface area contributed by atoms with Gasteiger partial charge in [-0.05, 0) is 17.7 Å². The third-order valence-corrected chi connectivity index (χ3v) is 4.34. The molecule has 3 rings (SSSR count). The fourth-order valence-electron chi connectivity index (χ4n) is 2.98. The number of aliphatic imine (C=N–C) groups is 1. The summed E-state index contributed by atoms with van der Waals surface area (Å²) in [6.07, 6.45) is 1.81. The van der Waals surface area contributed by atoms with Crippen LogP contribution in [0.5, 0.6) is 0 Å². The van der Waals surface area contributed by atoms with Crippen LogP contribution in [0.3, 0.4) is 0 Å². The number of non-ortho nitro benzene ring substituents is 1. The highest BCUT2D eigenvalue weighted by Gasteiger charge is 2.20. The molecule has 1 aliphatic heterocycles. The Balaban J connectivity index is 1.55. The molecule has 1 N–H and O–H groups in total. The van der Waals surface area contributed by atoms with E-state index in [1.165, 1.54) is 6.07 Å². The number of guanidine groups is 1. The van der Waals surface area contributed by atoms with E-state index in [1.807, 2.05) is 24.3 Å². The number of benzene rings is 1. The van der Waals surface area contributed by atoms with Gasteiger partial charge in [-0.2, -0.15) is 0 Å². The quantitative estimate of drug-likeness (QED) is 0.390. The molecule has 26 heavy (non-hydrogen) atoms. The maximum atomic E-state index is 10.9. The Morgan fingerprint density at radius 3 is 2.69 bits per heavy atom. The summed E-state index contributed by atoms with van der Waals surface area (Å²) in [5.41, 5.74) is 0.954. The maximum Gasteiger partial charge on any atom is 0.269 e. The molecule has 136 valence electrons. The first-order valence-electron chi connectivity index (χ1n) is 8.52. The Bertz CT molecular complexity index is 772. The molecule has 1 fully saturated rings.